The highest BCUT2D eigenvalue weighted by Gasteiger charge is 2.20. The lowest BCUT2D eigenvalue weighted by molar-refractivity contribution is -0.140. The van der Waals surface area contributed by atoms with E-state index in [0.717, 1.165) is 5.56 Å². The predicted molar refractivity (Wildman–Crippen MR) is 72.7 cm³/mol. The molecule has 0 radical (unpaired) electrons. The van der Waals surface area contributed by atoms with Crippen LogP contribution in [-0.4, -0.2) is 27.9 Å². The normalized spacial score (nSPS) is 11.8. The molecule has 0 fully saturated rings. The van der Waals surface area contributed by atoms with E-state index in [2.05, 4.69) is 0 Å². The van der Waals surface area contributed by atoms with Crippen LogP contribution in [0.4, 0.5) is 0 Å². The molecule has 1 aromatic carbocycles. The zero-order valence-corrected chi connectivity index (χ0v) is 11.3. The van der Waals surface area contributed by atoms with Crippen molar-refractivity contribution in [2.24, 2.45) is 0 Å². The van der Waals surface area contributed by atoms with E-state index in [1.54, 1.807) is 24.3 Å². The van der Waals surface area contributed by atoms with Gasteiger partial charge in [0.25, 0.3) is 0 Å². The first-order valence-corrected chi connectivity index (χ1v) is 6.43. The molecule has 1 unspecified atom stereocenters. The molecule has 0 bridgehead atoms. The Morgan fingerprint density at radius 1 is 1.05 bits per heavy atom. The molecule has 0 aromatic heterocycles. The molecule has 0 aliphatic heterocycles. The first-order valence-electron chi connectivity index (χ1n) is 6.43. The second kappa shape index (κ2) is 7.43. The van der Waals surface area contributed by atoms with Crippen LogP contribution in [0, 0.1) is 0 Å². The molecule has 5 nitrogen and oxygen atoms in total. The highest BCUT2D eigenvalue weighted by atomic mass is 16.4. The van der Waals surface area contributed by atoms with E-state index >= 15 is 0 Å². The molecule has 0 aliphatic carbocycles. The summed E-state index contributed by atoms with van der Waals surface area (Å²) < 4.78 is 0. The summed E-state index contributed by atoms with van der Waals surface area (Å²) in [4.78, 5) is 32.6. The van der Waals surface area contributed by atoms with E-state index in [1.807, 2.05) is 0 Å². The Hall–Kier alpha value is -2.17. The van der Waals surface area contributed by atoms with Crippen molar-refractivity contribution in [2.75, 3.05) is 0 Å². The van der Waals surface area contributed by atoms with Crippen LogP contribution in [0.5, 0.6) is 0 Å². The standard InChI is InChI=1S/C15H18O5/c1-10(16)2-3-11-4-6-12(7-5-11)13(15(19)20)8-9-14(17)18/h4-7,13H,2-3,8-9H2,1H3,(H,17,18)(H,19,20). The summed E-state index contributed by atoms with van der Waals surface area (Å²) in [6.45, 7) is 1.53. The molecule has 0 spiro atoms. The number of aliphatic carboxylic acids is 2. The number of rotatable bonds is 8. The molecule has 0 heterocycles. The summed E-state index contributed by atoms with van der Waals surface area (Å²) in [5.74, 6) is -2.73. The predicted octanol–water partition coefficient (Wildman–Crippen LogP) is 2.24. The third kappa shape index (κ3) is 5.22. The third-order valence-electron chi connectivity index (χ3n) is 3.09. The number of benzene rings is 1. The SMILES string of the molecule is CC(=O)CCc1ccc(C(CCC(=O)O)C(=O)O)cc1. The zero-order valence-electron chi connectivity index (χ0n) is 11.3. The van der Waals surface area contributed by atoms with Crippen molar-refractivity contribution in [1.29, 1.82) is 0 Å². The van der Waals surface area contributed by atoms with Gasteiger partial charge in [0, 0.05) is 12.8 Å². The molecule has 1 rings (SSSR count). The number of hydrogen-bond acceptors (Lipinski definition) is 3. The van der Waals surface area contributed by atoms with Crippen molar-refractivity contribution in [1.82, 2.24) is 0 Å². The summed E-state index contributed by atoms with van der Waals surface area (Å²) >= 11 is 0. The fourth-order valence-corrected chi connectivity index (χ4v) is 1.94. The average molecular weight is 278 g/mol. The minimum Gasteiger partial charge on any atom is -0.481 e. The second-order valence-corrected chi connectivity index (χ2v) is 4.77. The average Bonchev–Trinajstić information content (AvgIpc) is 2.37. The van der Waals surface area contributed by atoms with E-state index in [4.69, 9.17) is 10.2 Å². The lowest BCUT2D eigenvalue weighted by Crippen LogP contribution is -2.13. The minimum atomic E-state index is -1.03. The molecule has 2 N–H and O–H groups in total. The number of carbonyl (C=O) groups excluding carboxylic acids is 1. The van der Waals surface area contributed by atoms with Crippen LogP contribution in [-0.2, 0) is 20.8 Å². The number of carboxylic acids is 2. The van der Waals surface area contributed by atoms with Gasteiger partial charge in [0.15, 0.2) is 0 Å². The van der Waals surface area contributed by atoms with Crippen LogP contribution in [0.3, 0.4) is 0 Å². The van der Waals surface area contributed by atoms with Crippen molar-refractivity contribution >= 4 is 17.7 Å². The Bertz CT molecular complexity index is 489. The van der Waals surface area contributed by atoms with Crippen molar-refractivity contribution < 1.29 is 24.6 Å². The monoisotopic (exact) mass is 278 g/mol. The number of carbonyl (C=O) groups is 3. The Kier molecular flexibility index (Phi) is 5.90. The van der Waals surface area contributed by atoms with Crippen LogP contribution in [0.2, 0.25) is 0 Å². The van der Waals surface area contributed by atoms with E-state index in [1.165, 1.54) is 6.92 Å². The van der Waals surface area contributed by atoms with Crippen LogP contribution in [0.25, 0.3) is 0 Å². The van der Waals surface area contributed by atoms with Crippen LogP contribution >= 0.6 is 0 Å². The Labute approximate surface area is 117 Å². The van der Waals surface area contributed by atoms with Crippen molar-refractivity contribution in [2.45, 2.75) is 38.5 Å². The Balaban J connectivity index is 2.74. The van der Waals surface area contributed by atoms with Gasteiger partial charge in [-0.3, -0.25) is 9.59 Å². The molecule has 5 heteroatoms. The first-order chi connectivity index (χ1) is 9.40. The lowest BCUT2D eigenvalue weighted by Gasteiger charge is -2.12. The summed E-state index contributed by atoms with van der Waals surface area (Å²) in [5.41, 5.74) is 1.55. The molecule has 1 atom stereocenters. The largest absolute Gasteiger partial charge is 0.481 e. The molecule has 0 aliphatic rings. The summed E-state index contributed by atoms with van der Waals surface area (Å²) in [5, 5.41) is 17.8. The van der Waals surface area contributed by atoms with Gasteiger partial charge in [-0.05, 0) is 30.9 Å². The molecular formula is C15H18O5. The minimum absolute atomic E-state index is 0.0669. The summed E-state index contributed by atoms with van der Waals surface area (Å²) in [7, 11) is 0. The topological polar surface area (TPSA) is 91.7 Å². The second-order valence-electron chi connectivity index (χ2n) is 4.77. The van der Waals surface area contributed by atoms with Gasteiger partial charge >= 0.3 is 11.9 Å². The number of Topliss-reactive ketones (excluding diaryl/α,β-unsaturated/α-hetero) is 1. The number of aryl methyl sites for hydroxylation is 1. The van der Waals surface area contributed by atoms with Gasteiger partial charge in [-0.1, -0.05) is 24.3 Å². The maximum absolute atomic E-state index is 11.2. The first kappa shape index (κ1) is 15.9. The van der Waals surface area contributed by atoms with Gasteiger partial charge < -0.3 is 15.0 Å². The van der Waals surface area contributed by atoms with E-state index < -0.39 is 17.9 Å². The third-order valence-corrected chi connectivity index (χ3v) is 3.09. The zero-order chi connectivity index (χ0) is 15.1. The lowest BCUT2D eigenvalue weighted by atomic mass is 9.93. The summed E-state index contributed by atoms with van der Waals surface area (Å²) in [6, 6.07) is 6.95. The number of hydrogen-bond donors (Lipinski definition) is 2. The number of carboxylic acid groups (broad SMARTS) is 2. The van der Waals surface area contributed by atoms with Gasteiger partial charge in [-0.15, -0.1) is 0 Å². The van der Waals surface area contributed by atoms with Gasteiger partial charge in [0.05, 0.1) is 5.92 Å². The number of ketones is 1. The van der Waals surface area contributed by atoms with Gasteiger partial charge in [-0.2, -0.15) is 0 Å². The van der Waals surface area contributed by atoms with Crippen molar-refractivity contribution in [3.63, 3.8) is 0 Å². The summed E-state index contributed by atoms with van der Waals surface area (Å²) in [6.07, 6.45) is 0.976. The molecule has 0 saturated heterocycles. The van der Waals surface area contributed by atoms with E-state index in [0.29, 0.717) is 18.4 Å². The molecule has 0 saturated carbocycles. The van der Waals surface area contributed by atoms with Gasteiger partial charge in [0.2, 0.25) is 0 Å². The van der Waals surface area contributed by atoms with Gasteiger partial charge in [0.1, 0.15) is 5.78 Å². The van der Waals surface area contributed by atoms with E-state index in [9.17, 15) is 14.4 Å². The van der Waals surface area contributed by atoms with Crippen LogP contribution in [0.15, 0.2) is 24.3 Å². The van der Waals surface area contributed by atoms with Crippen LogP contribution < -0.4 is 0 Å². The quantitative estimate of drug-likeness (QED) is 0.760. The Morgan fingerprint density at radius 2 is 1.65 bits per heavy atom. The highest BCUT2D eigenvalue weighted by molar-refractivity contribution is 5.77. The molecule has 1 aromatic rings. The molecule has 20 heavy (non-hydrogen) atoms. The smallest absolute Gasteiger partial charge is 0.310 e. The highest BCUT2D eigenvalue weighted by Crippen LogP contribution is 2.22. The maximum Gasteiger partial charge on any atom is 0.310 e. The fraction of sp³-hybridized carbons (Fsp3) is 0.400. The Morgan fingerprint density at radius 3 is 2.10 bits per heavy atom. The maximum atomic E-state index is 11.2. The molecular weight excluding hydrogens is 260 g/mol. The van der Waals surface area contributed by atoms with Gasteiger partial charge in [-0.25, -0.2) is 0 Å². The molecule has 108 valence electrons. The van der Waals surface area contributed by atoms with Crippen molar-refractivity contribution in [3.05, 3.63) is 35.4 Å². The fourth-order valence-electron chi connectivity index (χ4n) is 1.94. The van der Waals surface area contributed by atoms with Crippen LogP contribution in [0.1, 0.15) is 43.2 Å². The van der Waals surface area contributed by atoms with E-state index in [-0.39, 0.29) is 18.6 Å². The van der Waals surface area contributed by atoms with Crippen molar-refractivity contribution in [3.8, 4) is 0 Å². The molecule has 0 amide bonds.